The SMILES string of the molecule is COc1ccc(CCNC(=O)CCn2ncc3ccccc32)cc1OC. The van der Waals surface area contributed by atoms with Crippen molar-refractivity contribution in [1.82, 2.24) is 15.1 Å². The second kappa shape index (κ2) is 8.38. The summed E-state index contributed by atoms with van der Waals surface area (Å²) in [6, 6.07) is 13.8. The number of methoxy groups -OCH3 is 2. The molecule has 26 heavy (non-hydrogen) atoms. The number of aryl methyl sites for hydroxylation is 1. The molecular formula is C20H23N3O3. The molecule has 3 aromatic rings. The van der Waals surface area contributed by atoms with Gasteiger partial charge in [0.1, 0.15) is 0 Å². The maximum absolute atomic E-state index is 12.1. The summed E-state index contributed by atoms with van der Waals surface area (Å²) in [7, 11) is 3.23. The van der Waals surface area contributed by atoms with Crippen molar-refractivity contribution in [3.05, 3.63) is 54.2 Å². The van der Waals surface area contributed by atoms with E-state index in [9.17, 15) is 4.79 Å². The van der Waals surface area contributed by atoms with Crippen LogP contribution in [0, 0.1) is 0 Å². The van der Waals surface area contributed by atoms with E-state index in [-0.39, 0.29) is 5.91 Å². The summed E-state index contributed by atoms with van der Waals surface area (Å²) in [4.78, 5) is 12.1. The van der Waals surface area contributed by atoms with Gasteiger partial charge in [0.25, 0.3) is 0 Å². The van der Waals surface area contributed by atoms with Gasteiger partial charge >= 0.3 is 0 Å². The summed E-state index contributed by atoms with van der Waals surface area (Å²) in [5.74, 6) is 1.42. The number of para-hydroxylation sites is 1. The molecule has 6 heteroatoms. The van der Waals surface area contributed by atoms with E-state index in [1.807, 2.05) is 53.3 Å². The minimum absolute atomic E-state index is 0.0186. The fraction of sp³-hybridized carbons (Fsp3) is 0.300. The van der Waals surface area contributed by atoms with Gasteiger partial charge in [-0.05, 0) is 30.2 Å². The van der Waals surface area contributed by atoms with E-state index in [0.717, 1.165) is 22.9 Å². The lowest BCUT2D eigenvalue weighted by molar-refractivity contribution is -0.121. The zero-order valence-corrected chi connectivity index (χ0v) is 15.1. The normalized spacial score (nSPS) is 10.7. The van der Waals surface area contributed by atoms with Gasteiger partial charge in [0.15, 0.2) is 11.5 Å². The van der Waals surface area contributed by atoms with Crippen molar-refractivity contribution >= 4 is 16.8 Å². The highest BCUT2D eigenvalue weighted by Crippen LogP contribution is 2.27. The molecule has 0 spiro atoms. The number of hydrogen-bond donors (Lipinski definition) is 1. The fourth-order valence-corrected chi connectivity index (χ4v) is 2.88. The lowest BCUT2D eigenvalue weighted by Crippen LogP contribution is -2.26. The van der Waals surface area contributed by atoms with Crippen molar-refractivity contribution in [3.63, 3.8) is 0 Å². The number of carbonyl (C=O) groups excluding carboxylic acids is 1. The van der Waals surface area contributed by atoms with E-state index >= 15 is 0 Å². The Morgan fingerprint density at radius 1 is 1.12 bits per heavy atom. The fourth-order valence-electron chi connectivity index (χ4n) is 2.88. The van der Waals surface area contributed by atoms with Crippen LogP contribution in [0.3, 0.4) is 0 Å². The molecular weight excluding hydrogens is 330 g/mol. The van der Waals surface area contributed by atoms with Crippen molar-refractivity contribution in [2.24, 2.45) is 0 Å². The van der Waals surface area contributed by atoms with Crippen LogP contribution in [0.2, 0.25) is 0 Å². The highest BCUT2D eigenvalue weighted by atomic mass is 16.5. The van der Waals surface area contributed by atoms with E-state index < -0.39 is 0 Å². The number of ether oxygens (including phenoxy) is 2. The quantitative estimate of drug-likeness (QED) is 0.676. The maximum Gasteiger partial charge on any atom is 0.221 e. The Kier molecular flexibility index (Phi) is 5.73. The molecule has 1 N–H and O–H groups in total. The summed E-state index contributed by atoms with van der Waals surface area (Å²) < 4.78 is 12.4. The van der Waals surface area contributed by atoms with Crippen molar-refractivity contribution in [1.29, 1.82) is 0 Å². The van der Waals surface area contributed by atoms with Gasteiger partial charge in [-0.15, -0.1) is 0 Å². The monoisotopic (exact) mass is 353 g/mol. The largest absolute Gasteiger partial charge is 0.493 e. The van der Waals surface area contributed by atoms with E-state index in [1.165, 1.54) is 0 Å². The number of nitrogens with zero attached hydrogens (tertiary/aromatic N) is 2. The molecule has 1 amide bonds. The maximum atomic E-state index is 12.1. The Bertz CT molecular complexity index is 889. The molecule has 0 atom stereocenters. The van der Waals surface area contributed by atoms with Crippen molar-refractivity contribution in [3.8, 4) is 11.5 Å². The molecule has 0 saturated heterocycles. The second-order valence-corrected chi connectivity index (χ2v) is 5.97. The van der Waals surface area contributed by atoms with Gasteiger partial charge < -0.3 is 14.8 Å². The molecule has 136 valence electrons. The summed E-state index contributed by atoms with van der Waals surface area (Å²) in [6.07, 6.45) is 2.96. The third kappa shape index (κ3) is 4.14. The molecule has 1 aromatic heterocycles. The molecule has 2 aromatic carbocycles. The summed E-state index contributed by atoms with van der Waals surface area (Å²) >= 11 is 0. The molecule has 0 aliphatic rings. The Morgan fingerprint density at radius 3 is 2.73 bits per heavy atom. The number of rotatable bonds is 8. The summed E-state index contributed by atoms with van der Waals surface area (Å²) in [5, 5.41) is 8.38. The predicted octanol–water partition coefficient (Wildman–Crippen LogP) is 2.80. The number of amides is 1. The average molecular weight is 353 g/mol. The number of benzene rings is 2. The van der Waals surface area contributed by atoms with Gasteiger partial charge in [-0.1, -0.05) is 24.3 Å². The van der Waals surface area contributed by atoms with Crippen LogP contribution in [0.5, 0.6) is 11.5 Å². The molecule has 6 nitrogen and oxygen atoms in total. The molecule has 0 aliphatic heterocycles. The molecule has 0 bridgehead atoms. The van der Waals surface area contributed by atoms with Crippen LogP contribution in [-0.2, 0) is 17.8 Å². The molecule has 0 unspecified atom stereocenters. The first-order valence-corrected chi connectivity index (χ1v) is 8.59. The van der Waals surface area contributed by atoms with Gasteiger partial charge in [-0.3, -0.25) is 9.48 Å². The smallest absolute Gasteiger partial charge is 0.221 e. The van der Waals surface area contributed by atoms with Crippen molar-refractivity contribution < 1.29 is 14.3 Å². The molecule has 0 aliphatic carbocycles. The second-order valence-electron chi connectivity index (χ2n) is 5.97. The lowest BCUT2D eigenvalue weighted by atomic mass is 10.1. The number of nitrogens with one attached hydrogen (secondary N) is 1. The Labute approximate surface area is 152 Å². The molecule has 0 saturated carbocycles. The Balaban J connectivity index is 1.47. The van der Waals surface area contributed by atoms with Crippen molar-refractivity contribution in [2.75, 3.05) is 20.8 Å². The van der Waals surface area contributed by atoms with Gasteiger partial charge in [0, 0.05) is 18.4 Å². The number of hydrogen-bond acceptors (Lipinski definition) is 4. The molecule has 1 heterocycles. The molecule has 0 fully saturated rings. The zero-order valence-electron chi connectivity index (χ0n) is 15.1. The number of fused-ring (bicyclic) bond motifs is 1. The molecule has 3 rings (SSSR count). The van der Waals surface area contributed by atoms with Crippen LogP contribution in [0.15, 0.2) is 48.7 Å². The average Bonchev–Trinajstić information content (AvgIpc) is 3.09. The standard InChI is InChI=1S/C20H23N3O3/c1-25-18-8-7-15(13-19(18)26-2)9-11-21-20(24)10-12-23-17-6-4-3-5-16(17)14-22-23/h3-8,13-14H,9-12H2,1-2H3,(H,21,24). The first-order chi connectivity index (χ1) is 12.7. The number of carbonyl (C=O) groups is 1. The van der Waals surface area contributed by atoms with Gasteiger partial charge in [0.2, 0.25) is 5.91 Å². The van der Waals surface area contributed by atoms with Gasteiger partial charge in [-0.25, -0.2) is 0 Å². The van der Waals surface area contributed by atoms with Crippen LogP contribution < -0.4 is 14.8 Å². The zero-order chi connectivity index (χ0) is 18.4. The Hall–Kier alpha value is -3.02. The molecule has 0 radical (unpaired) electrons. The van der Waals surface area contributed by atoms with Crippen LogP contribution in [0.25, 0.3) is 10.9 Å². The van der Waals surface area contributed by atoms with Crippen LogP contribution in [-0.4, -0.2) is 36.5 Å². The van der Waals surface area contributed by atoms with Crippen LogP contribution >= 0.6 is 0 Å². The van der Waals surface area contributed by atoms with E-state index in [0.29, 0.717) is 31.0 Å². The topological polar surface area (TPSA) is 65.4 Å². The summed E-state index contributed by atoms with van der Waals surface area (Å²) in [5.41, 5.74) is 2.13. The highest BCUT2D eigenvalue weighted by molar-refractivity contribution is 5.79. The lowest BCUT2D eigenvalue weighted by Gasteiger charge is -2.10. The van der Waals surface area contributed by atoms with E-state index in [4.69, 9.17) is 9.47 Å². The summed E-state index contributed by atoms with van der Waals surface area (Å²) in [6.45, 7) is 1.14. The third-order valence-electron chi connectivity index (χ3n) is 4.29. The van der Waals surface area contributed by atoms with Crippen LogP contribution in [0.4, 0.5) is 0 Å². The van der Waals surface area contributed by atoms with Crippen LogP contribution in [0.1, 0.15) is 12.0 Å². The number of aromatic nitrogens is 2. The third-order valence-corrected chi connectivity index (χ3v) is 4.29. The van der Waals surface area contributed by atoms with Crippen molar-refractivity contribution in [2.45, 2.75) is 19.4 Å². The predicted molar refractivity (Wildman–Crippen MR) is 101 cm³/mol. The minimum atomic E-state index is 0.0186. The van der Waals surface area contributed by atoms with E-state index in [2.05, 4.69) is 10.4 Å². The first kappa shape index (κ1) is 17.8. The Morgan fingerprint density at radius 2 is 1.92 bits per heavy atom. The van der Waals surface area contributed by atoms with E-state index in [1.54, 1.807) is 14.2 Å². The van der Waals surface area contributed by atoms with Gasteiger partial charge in [0.05, 0.1) is 32.5 Å². The minimum Gasteiger partial charge on any atom is -0.493 e. The van der Waals surface area contributed by atoms with Gasteiger partial charge in [-0.2, -0.15) is 5.10 Å². The highest BCUT2D eigenvalue weighted by Gasteiger charge is 2.07. The first-order valence-electron chi connectivity index (χ1n) is 8.59.